The summed E-state index contributed by atoms with van der Waals surface area (Å²) in [6.07, 6.45) is 0.886. The van der Waals surface area contributed by atoms with Crippen molar-refractivity contribution in [2.45, 2.75) is 13.3 Å². The Bertz CT molecular complexity index is 315. The minimum Gasteiger partial charge on any atom is -0.385 e. The van der Waals surface area contributed by atoms with Crippen molar-refractivity contribution in [2.75, 3.05) is 18.4 Å². The molecule has 0 saturated heterocycles. The molecule has 1 aromatic carbocycles. The van der Waals surface area contributed by atoms with Gasteiger partial charge in [0, 0.05) is 12.2 Å². The van der Waals surface area contributed by atoms with Gasteiger partial charge >= 0.3 is 0 Å². The normalized spacial score (nSPS) is 10.3. The molecule has 4 heteroatoms. The van der Waals surface area contributed by atoms with E-state index >= 15 is 0 Å². The summed E-state index contributed by atoms with van der Waals surface area (Å²) in [5, 5.41) is 3.14. The fourth-order valence-electron chi connectivity index (χ4n) is 1.16. The van der Waals surface area contributed by atoms with E-state index in [2.05, 4.69) is 21.2 Å². The quantitative estimate of drug-likeness (QED) is 0.818. The molecule has 0 radical (unpaired) electrons. The Morgan fingerprint density at radius 1 is 1.50 bits per heavy atom. The third kappa shape index (κ3) is 2.96. The van der Waals surface area contributed by atoms with Gasteiger partial charge in [-0.2, -0.15) is 0 Å². The van der Waals surface area contributed by atoms with Gasteiger partial charge in [-0.25, -0.2) is 4.39 Å². The van der Waals surface area contributed by atoms with E-state index in [-0.39, 0.29) is 5.82 Å². The Labute approximate surface area is 91.8 Å². The first-order valence-corrected chi connectivity index (χ1v) is 5.34. The van der Waals surface area contributed by atoms with Crippen LogP contribution in [0.3, 0.4) is 0 Å². The molecule has 0 aliphatic heterocycles. The SMILES string of the molecule is Cc1cc(Br)c(F)cc1NCCCN. The second kappa shape index (κ2) is 5.32. The molecule has 0 fully saturated rings. The Balaban J connectivity index is 2.72. The summed E-state index contributed by atoms with van der Waals surface area (Å²) in [5.74, 6) is -0.245. The molecule has 2 nitrogen and oxygen atoms in total. The van der Waals surface area contributed by atoms with E-state index in [4.69, 9.17) is 5.73 Å². The summed E-state index contributed by atoms with van der Waals surface area (Å²) in [4.78, 5) is 0. The first kappa shape index (κ1) is 11.5. The maximum atomic E-state index is 13.2. The van der Waals surface area contributed by atoms with Crippen LogP contribution in [0.25, 0.3) is 0 Å². The number of nitrogens with two attached hydrogens (primary N) is 1. The predicted octanol–water partition coefficient (Wildman–Crippen LogP) is 2.66. The maximum absolute atomic E-state index is 13.2. The number of anilines is 1. The van der Waals surface area contributed by atoms with Crippen molar-refractivity contribution in [2.24, 2.45) is 5.73 Å². The van der Waals surface area contributed by atoms with Gasteiger partial charge in [0.15, 0.2) is 0 Å². The lowest BCUT2D eigenvalue weighted by Crippen LogP contribution is -2.09. The highest BCUT2D eigenvalue weighted by molar-refractivity contribution is 9.10. The molecule has 0 aliphatic rings. The summed E-state index contributed by atoms with van der Waals surface area (Å²) in [6, 6.07) is 3.26. The molecule has 1 aromatic rings. The topological polar surface area (TPSA) is 38.0 Å². The standard InChI is InChI=1S/C10H14BrFN2/c1-7-5-8(11)9(12)6-10(7)14-4-2-3-13/h5-6,14H,2-4,13H2,1H3. The van der Waals surface area contributed by atoms with Crippen molar-refractivity contribution in [3.05, 3.63) is 28.0 Å². The summed E-state index contributed by atoms with van der Waals surface area (Å²) in [7, 11) is 0. The number of rotatable bonds is 4. The number of aryl methyl sites for hydroxylation is 1. The van der Waals surface area contributed by atoms with Crippen LogP contribution in [-0.4, -0.2) is 13.1 Å². The Morgan fingerprint density at radius 3 is 2.86 bits per heavy atom. The van der Waals surface area contributed by atoms with Gasteiger partial charge in [0.2, 0.25) is 0 Å². The van der Waals surface area contributed by atoms with Gasteiger partial charge in [0.05, 0.1) is 4.47 Å². The number of hydrogen-bond acceptors (Lipinski definition) is 2. The third-order valence-electron chi connectivity index (χ3n) is 1.96. The molecular weight excluding hydrogens is 247 g/mol. The molecule has 0 atom stereocenters. The van der Waals surface area contributed by atoms with E-state index < -0.39 is 0 Å². The van der Waals surface area contributed by atoms with Crippen LogP contribution in [0.5, 0.6) is 0 Å². The summed E-state index contributed by atoms with van der Waals surface area (Å²) < 4.78 is 13.7. The molecule has 0 spiro atoms. The predicted molar refractivity (Wildman–Crippen MR) is 61.0 cm³/mol. The van der Waals surface area contributed by atoms with Gasteiger partial charge in [-0.15, -0.1) is 0 Å². The minimum atomic E-state index is -0.245. The van der Waals surface area contributed by atoms with Gasteiger partial charge in [0.1, 0.15) is 5.82 Å². The first-order chi connectivity index (χ1) is 6.65. The summed E-state index contributed by atoms with van der Waals surface area (Å²) in [6.45, 7) is 3.36. The Kier molecular flexibility index (Phi) is 4.35. The molecule has 0 amide bonds. The summed E-state index contributed by atoms with van der Waals surface area (Å²) in [5.41, 5.74) is 7.22. The van der Waals surface area contributed by atoms with Gasteiger partial charge in [-0.05, 0) is 53.5 Å². The van der Waals surface area contributed by atoms with Gasteiger partial charge in [0.25, 0.3) is 0 Å². The van der Waals surface area contributed by atoms with Crippen molar-refractivity contribution in [3.63, 3.8) is 0 Å². The number of benzene rings is 1. The van der Waals surface area contributed by atoms with Crippen molar-refractivity contribution in [1.82, 2.24) is 0 Å². The Hall–Kier alpha value is -0.610. The number of nitrogens with one attached hydrogen (secondary N) is 1. The molecule has 0 aliphatic carbocycles. The van der Waals surface area contributed by atoms with Crippen LogP contribution < -0.4 is 11.1 Å². The van der Waals surface area contributed by atoms with Crippen LogP contribution in [0, 0.1) is 12.7 Å². The van der Waals surface area contributed by atoms with E-state index in [1.807, 2.05) is 6.92 Å². The van der Waals surface area contributed by atoms with Crippen LogP contribution in [0.4, 0.5) is 10.1 Å². The molecule has 0 unspecified atom stereocenters. The smallest absolute Gasteiger partial charge is 0.139 e. The van der Waals surface area contributed by atoms with Gasteiger partial charge < -0.3 is 11.1 Å². The largest absolute Gasteiger partial charge is 0.385 e. The molecule has 0 aromatic heterocycles. The van der Waals surface area contributed by atoms with E-state index in [0.717, 1.165) is 24.2 Å². The zero-order chi connectivity index (χ0) is 10.6. The second-order valence-electron chi connectivity index (χ2n) is 3.15. The summed E-state index contributed by atoms with van der Waals surface area (Å²) >= 11 is 3.14. The molecule has 0 heterocycles. The lowest BCUT2D eigenvalue weighted by Gasteiger charge is -2.09. The second-order valence-corrected chi connectivity index (χ2v) is 4.00. The molecule has 14 heavy (non-hydrogen) atoms. The van der Waals surface area contributed by atoms with Crippen molar-refractivity contribution >= 4 is 21.6 Å². The fraction of sp³-hybridized carbons (Fsp3) is 0.400. The zero-order valence-electron chi connectivity index (χ0n) is 8.11. The van der Waals surface area contributed by atoms with E-state index in [0.29, 0.717) is 11.0 Å². The van der Waals surface area contributed by atoms with Gasteiger partial charge in [-0.3, -0.25) is 0 Å². The van der Waals surface area contributed by atoms with Crippen molar-refractivity contribution < 1.29 is 4.39 Å². The van der Waals surface area contributed by atoms with Crippen LogP contribution in [0.2, 0.25) is 0 Å². The highest BCUT2D eigenvalue weighted by atomic mass is 79.9. The average Bonchev–Trinajstić information content (AvgIpc) is 2.14. The van der Waals surface area contributed by atoms with E-state index in [1.165, 1.54) is 6.07 Å². The third-order valence-corrected chi connectivity index (χ3v) is 2.57. The van der Waals surface area contributed by atoms with E-state index in [1.54, 1.807) is 6.07 Å². The lowest BCUT2D eigenvalue weighted by molar-refractivity contribution is 0.621. The fourth-order valence-corrected chi connectivity index (χ4v) is 1.62. The average molecular weight is 261 g/mol. The molecular formula is C10H14BrFN2. The number of hydrogen-bond donors (Lipinski definition) is 2. The molecule has 0 bridgehead atoms. The van der Waals surface area contributed by atoms with Crippen molar-refractivity contribution in [3.8, 4) is 0 Å². The number of halogens is 2. The molecule has 3 N–H and O–H groups in total. The van der Waals surface area contributed by atoms with Crippen LogP contribution in [0.15, 0.2) is 16.6 Å². The maximum Gasteiger partial charge on any atom is 0.139 e. The monoisotopic (exact) mass is 260 g/mol. The van der Waals surface area contributed by atoms with E-state index in [9.17, 15) is 4.39 Å². The van der Waals surface area contributed by atoms with Crippen LogP contribution >= 0.6 is 15.9 Å². The van der Waals surface area contributed by atoms with Gasteiger partial charge in [-0.1, -0.05) is 0 Å². The van der Waals surface area contributed by atoms with Crippen LogP contribution in [-0.2, 0) is 0 Å². The molecule has 0 saturated carbocycles. The highest BCUT2D eigenvalue weighted by Gasteiger charge is 2.04. The molecule has 78 valence electrons. The lowest BCUT2D eigenvalue weighted by atomic mass is 10.2. The molecule has 1 rings (SSSR count). The highest BCUT2D eigenvalue weighted by Crippen LogP contribution is 2.23. The minimum absolute atomic E-state index is 0.245. The van der Waals surface area contributed by atoms with Crippen molar-refractivity contribution in [1.29, 1.82) is 0 Å². The first-order valence-electron chi connectivity index (χ1n) is 4.54. The van der Waals surface area contributed by atoms with Crippen LogP contribution in [0.1, 0.15) is 12.0 Å². The Morgan fingerprint density at radius 2 is 2.21 bits per heavy atom. The zero-order valence-corrected chi connectivity index (χ0v) is 9.70.